The van der Waals surface area contributed by atoms with E-state index in [-0.39, 0.29) is 11.2 Å². The van der Waals surface area contributed by atoms with Gasteiger partial charge in [0.15, 0.2) is 0 Å². The molecule has 2 fully saturated rings. The lowest BCUT2D eigenvalue weighted by Crippen LogP contribution is -2.34. The van der Waals surface area contributed by atoms with Crippen LogP contribution >= 0.6 is 0 Å². The lowest BCUT2D eigenvalue weighted by atomic mass is 9.92. The number of nitrogens with zero attached hydrogens (tertiary/aromatic N) is 2. The highest BCUT2D eigenvalue weighted by molar-refractivity contribution is 5.37. The Morgan fingerprint density at radius 2 is 1.17 bits per heavy atom. The summed E-state index contributed by atoms with van der Waals surface area (Å²) in [4.78, 5) is 5.21. The first-order chi connectivity index (χ1) is 14.3. The molecular formula is C25H30N2O2. The van der Waals surface area contributed by atoms with Crippen LogP contribution in [0.5, 0.6) is 0 Å². The van der Waals surface area contributed by atoms with Crippen molar-refractivity contribution >= 4 is 0 Å². The standard InChI is InChI=1S/C25H30N2O2/c1-3-8-22-20(6-1)16-28-24(22)10-14-26(18-24)12-5-13-27-15-11-25(19-27)23-9-4-2-7-21(23)17-29-25/h1-4,6-9H,5,10-19H2/t24-,25-/m0/s1. The minimum absolute atomic E-state index is 0.0459. The summed E-state index contributed by atoms with van der Waals surface area (Å²) in [5.74, 6) is 0. The normalized spacial score (nSPS) is 31.2. The van der Waals surface area contributed by atoms with Crippen molar-refractivity contribution in [3.05, 3.63) is 70.8 Å². The van der Waals surface area contributed by atoms with E-state index in [0.717, 1.165) is 65.3 Å². The molecule has 0 bridgehead atoms. The van der Waals surface area contributed by atoms with Gasteiger partial charge < -0.3 is 9.47 Å². The summed E-state index contributed by atoms with van der Waals surface area (Å²) in [6, 6.07) is 17.6. The van der Waals surface area contributed by atoms with E-state index in [1.54, 1.807) is 0 Å². The van der Waals surface area contributed by atoms with Crippen molar-refractivity contribution < 1.29 is 9.47 Å². The molecular weight excluding hydrogens is 360 g/mol. The maximum atomic E-state index is 6.31. The van der Waals surface area contributed by atoms with Crippen molar-refractivity contribution in [2.75, 3.05) is 39.3 Å². The van der Waals surface area contributed by atoms with Crippen LogP contribution in [0.3, 0.4) is 0 Å². The molecule has 29 heavy (non-hydrogen) atoms. The first-order valence-corrected chi connectivity index (χ1v) is 11.2. The van der Waals surface area contributed by atoms with Crippen LogP contribution in [0.2, 0.25) is 0 Å². The molecule has 0 aliphatic carbocycles. The quantitative estimate of drug-likeness (QED) is 0.796. The van der Waals surface area contributed by atoms with Gasteiger partial charge in [-0.1, -0.05) is 48.5 Å². The number of benzene rings is 2. The molecule has 4 heterocycles. The number of rotatable bonds is 4. The molecule has 152 valence electrons. The summed E-state index contributed by atoms with van der Waals surface area (Å²) in [5.41, 5.74) is 5.54. The number of hydrogen-bond donors (Lipinski definition) is 0. The second-order valence-electron chi connectivity index (χ2n) is 9.29. The van der Waals surface area contributed by atoms with Gasteiger partial charge in [-0.05, 0) is 54.6 Å². The number of ether oxygens (including phenoxy) is 2. The Hall–Kier alpha value is -1.72. The molecule has 0 saturated carbocycles. The summed E-state index contributed by atoms with van der Waals surface area (Å²) in [7, 11) is 0. The second kappa shape index (κ2) is 6.92. The third kappa shape index (κ3) is 2.97. The number of likely N-dealkylation sites (tertiary alicyclic amines) is 2. The Bertz CT molecular complexity index is 842. The van der Waals surface area contributed by atoms with Gasteiger partial charge in [-0.25, -0.2) is 0 Å². The molecule has 0 amide bonds. The maximum absolute atomic E-state index is 6.31. The molecule has 6 rings (SSSR count). The zero-order valence-electron chi connectivity index (χ0n) is 17.1. The Morgan fingerprint density at radius 3 is 1.69 bits per heavy atom. The number of hydrogen-bond acceptors (Lipinski definition) is 4. The highest BCUT2D eigenvalue weighted by Crippen LogP contribution is 2.44. The van der Waals surface area contributed by atoms with Crippen LogP contribution in [0.15, 0.2) is 48.5 Å². The van der Waals surface area contributed by atoms with Gasteiger partial charge in [0.1, 0.15) is 11.2 Å². The molecule has 0 N–H and O–H groups in total. The number of fused-ring (bicyclic) bond motifs is 4. The van der Waals surface area contributed by atoms with Crippen molar-refractivity contribution in [2.24, 2.45) is 0 Å². The van der Waals surface area contributed by atoms with E-state index in [0.29, 0.717) is 0 Å². The van der Waals surface area contributed by atoms with Crippen molar-refractivity contribution in [1.29, 1.82) is 0 Å². The average molecular weight is 391 g/mol. The Balaban J connectivity index is 1.03. The zero-order valence-corrected chi connectivity index (χ0v) is 17.1. The van der Waals surface area contributed by atoms with Gasteiger partial charge in [-0.3, -0.25) is 9.80 Å². The fourth-order valence-electron chi connectivity index (χ4n) is 6.06. The smallest absolute Gasteiger partial charge is 0.108 e. The molecule has 4 aliphatic heterocycles. The largest absolute Gasteiger partial charge is 0.364 e. The van der Waals surface area contributed by atoms with E-state index in [9.17, 15) is 0 Å². The molecule has 2 saturated heterocycles. The van der Waals surface area contributed by atoms with Gasteiger partial charge >= 0.3 is 0 Å². The first kappa shape index (κ1) is 18.1. The van der Waals surface area contributed by atoms with Gasteiger partial charge in [0.25, 0.3) is 0 Å². The average Bonchev–Trinajstić information content (AvgIpc) is 3.53. The van der Waals surface area contributed by atoms with E-state index >= 15 is 0 Å². The fraction of sp³-hybridized carbons (Fsp3) is 0.520. The first-order valence-electron chi connectivity index (χ1n) is 11.2. The van der Waals surface area contributed by atoms with Crippen molar-refractivity contribution in [3.63, 3.8) is 0 Å². The summed E-state index contributed by atoms with van der Waals surface area (Å²) >= 11 is 0. The van der Waals surface area contributed by atoms with Gasteiger partial charge in [0, 0.05) is 26.2 Å². The molecule has 0 aromatic heterocycles. The summed E-state index contributed by atoms with van der Waals surface area (Å²) in [6.07, 6.45) is 3.47. The molecule has 2 aromatic carbocycles. The van der Waals surface area contributed by atoms with Crippen molar-refractivity contribution in [3.8, 4) is 0 Å². The van der Waals surface area contributed by atoms with Crippen molar-refractivity contribution in [2.45, 2.75) is 43.7 Å². The molecule has 4 nitrogen and oxygen atoms in total. The SMILES string of the molecule is c1ccc2c(c1)CO[C@]21CCN(CCCN2CC[C@@]3(C2)OCc2ccccc23)C1. The molecule has 0 unspecified atom stereocenters. The maximum Gasteiger partial charge on any atom is 0.108 e. The Labute approximate surface area is 173 Å². The topological polar surface area (TPSA) is 24.9 Å². The van der Waals surface area contributed by atoms with Gasteiger partial charge in [0.05, 0.1) is 13.2 Å². The van der Waals surface area contributed by atoms with E-state index in [1.807, 2.05) is 0 Å². The highest BCUT2D eigenvalue weighted by Gasteiger charge is 2.46. The summed E-state index contributed by atoms with van der Waals surface area (Å²) in [5, 5.41) is 0. The molecule has 2 aromatic rings. The van der Waals surface area contributed by atoms with Gasteiger partial charge in [-0.2, -0.15) is 0 Å². The monoisotopic (exact) mass is 390 g/mol. The predicted molar refractivity (Wildman–Crippen MR) is 113 cm³/mol. The molecule has 2 atom stereocenters. The lowest BCUT2D eigenvalue weighted by molar-refractivity contribution is -0.0309. The highest BCUT2D eigenvalue weighted by atomic mass is 16.5. The van der Waals surface area contributed by atoms with Crippen LogP contribution in [0, 0.1) is 0 Å². The molecule has 2 spiro atoms. The van der Waals surface area contributed by atoms with Gasteiger partial charge in [-0.15, -0.1) is 0 Å². The third-order valence-corrected chi connectivity index (χ3v) is 7.59. The lowest BCUT2D eigenvalue weighted by Gasteiger charge is -2.26. The third-order valence-electron chi connectivity index (χ3n) is 7.59. The van der Waals surface area contributed by atoms with E-state index in [2.05, 4.69) is 58.3 Å². The molecule has 4 aliphatic rings. The Kier molecular flexibility index (Phi) is 4.31. The van der Waals surface area contributed by atoms with Crippen LogP contribution in [-0.2, 0) is 33.9 Å². The van der Waals surface area contributed by atoms with Crippen LogP contribution < -0.4 is 0 Å². The van der Waals surface area contributed by atoms with Crippen LogP contribution in [0.1, 0.15) is 41.5 Å². The second-order valence-corrected chi connectivity index (χ2v) is 9.29. The van der Waals surface area contributed by atoms with E-state index in [4.69, 9.17) is 9.47 Å². The summed E-state index contributed by atoms with van der Waals surface area (Å²) in [6.45, 7) is 8.27. The predicted octanol–water partition coefficient (Wildman–Crippen LogP) is 3.64. The minimum atomic E-state index is -0.0459. The van der Waals surface area contributed by atoms with Crippen LogP contribution in [0.4, 0.5) is 0 Å². The van der Waals surface area contributed by atoms with Crippen LogP contribution in [0.25, 0.3) is 0 Å². The molecule has 0 radical (unpaired) electrons. The van der Waals surface area contributed by atoms with E-state index < -0.39 is 0 Å². The Morgan fingerprint density at radius 1 is 0.690 bits per heavy atom. The minimum Gasteiger partial charge on any atom is -0.364 e. The van der Waals surface area contributed by atoms with Crippen LogP contribution in [-0.4, -0.2) is 49.1 Å². The van der Waals surface area contributed by atoms with Crippen molar-refractivity contribution in [1.82, 2.24) is 9.80 Å². The fourth-order valence-corrected chi connectivity index (χ4v) is 6.06. The van der Waals surface area contributed by atoms with Gasteiger partial charge in [0.2, 0.25) is 0 Å². The molecule has 4 heteroatoms. The summed E-state index contributed by atoms with van der Waals surface area (Å²) < 4.78 is 12.6. The van der Waals surface area contributed by atoms with E-state index in [1.165, 1.54) is 28.7 Å². The zero-order chi connectivity index (χ0) is 19.3.